The molecule has 1 heterocycles. The Labute approximate surface area is 96.0 Å². The van der Waals surface area contributed by atoms with Crippen LogP contribution < -0.4 is 15.2 Å². The number of hydrogen-bond acceptors (Lipinski definition) is 5. The van der Waals surface area contributed by atoms with Gasteiger partial charge in [0.05, 0.1) is 13.7 Å². The molecule has 0 aliphatic heterocycles. The van der Waals surface area contributed by atoms with E-state index in [1.807, 2.05) is 0 Å². The van der Waals surface area contributed by atoms with Gasteiger partial charge in [-0.15, -0.1) is 0 Å². The van der Waals surface area contributed by atoms with E-state index in [9.17, 15) is 0 Å². The Kier molecular flexibility index (Phi) is 4.82. The number of rotatable bonds is 6. The number of anilines is 1. The lowest BCUT2D eigenvalue weighted by atomic mass is 10.1. The third-order valence-electron chi connectivity index (χ3n) is 2.17. The van der Waals surface area contributed by atoms with Crippen LogP contribution in [0.2, 0.25) is 0 Å². The predicted octanol–water partition coefficient (Wildman–Crippen LogP) is 1.88. The lowest BCUT2D eigenvalue weighted by Crippen LogP contribution is -2.05. The maximum Gasteiger partial charge on any atom is 0.262 e. The molecule has 5 heteroatoms. The van der Waals surface area contributed by atoms with E-state index in [1.165, 1.54) is 13.4 Å². The Morgan fingerprint density at radius 2 is 2.12 bits per heavy atom. The first-order valence-electron chi connectivity index (χ1n) is 5.42. The van der Waals surface area contributed by atoms with Gasteiger partial charge in [-0.2, -0.15) is 4.98 Å². The van der Waals surface area contributed by atoms with Crippen molar-refractivity contribution in [3.05, 3.63) is 6.33 Å². The van der Waals surface area contributed by atoms with Crippen molar-refractivity contribution >= 4 is 5.82 Å². The van der Waals surface area contributed by atoms with Gasteiger partial charge >= 0.3 is 0 Å². The zero-order valence-electron chi connectivity index (χ0n) is 10.1. The van der Waals surface area contributed by atoms with Crippen molar-refractivity contribution in [2.75, 3.05) is 19.5 Å². The van der Waals surface area contributed by atoms with Gasteiger partial charge in [-0.25, -0.2) is 4.98 Å². The number of nitrogens with two attached hydrogens (primary N) is 1. The number of methoxy groups -OCH3 is 1. The molecule has 0 aliphatic rings. The summed E-state index contributed by atoms with van der Waals surface area (Å²) in [4.78, 5) is 7.82. The molecule has 0 aromatic carbocycles. The zero-order chi connectivity index (χ0) is 12.0. The maximum atomic E-state index is 5.63. The fourth-order valence-corrected chi connectivity index (χ4v) is 1.33. The van der Waals surface area contributed by atoms with Gasteiger partial charge in [0, 0.05) is 0 Å². The molecule has 0 aliphatic carbocycles. The molecule has 2 N–H and O–H groups in total. The first-order chi connectivity index (χ1) is 7.65. The summed E-state index contributed by atoms with van der Waals surface area (Å²) in [6, 6.07) is 0. The average molecular weight is 225 g/mol. The first kappa shape index (κ1) is 12.5. The van der Waals surface area contributed by atoms with Crippen LogP contribution in [0, 0.1) is 5.92 Å². The summed E-state index contributed by atoms with van der Waals surface area (Å²) in [6.45, 7) is 4.98. The summed E-state index contributed by atoms with van der Waals surface area (Å²) < 4.78 is 10.6. The number of hydrogen-bond donors (Lipinski definition) is 1. The Morgan fingerprint density at radius 1 is 1.38 bits per heavy atom. The molecule has 0 saturated carbocycles. The van der Waals surface area contributed by atoms with Crippen LogP contribution >= 0.6 is 0 Å². The quantitative estimate of drug-likeness (QED) is 0.748. The fourth-order valence-electron chi connectivity index (χ4n) is 1.33. The van der Waals surface area contributed by atoms with Gasteiger partial charge < -0.3 is 15.2 Å². The van der Waals surface area contributed by atoms with E-state index < -0.39 is 0 Å². The molecule has 1 aromatic rings. The van der Waals surface area contributed by atoms with Gasteiger partial charge in [0.2, 0.25) is 5.75 Å². The molecule has 0 radical (unpaired) electrons. The molecule has 1 rings (SSSR count). The summed E-state index contributed by atoms with van der Waals surface area (Å²) in [6.07, 6.45) is 3.49. The molecule has 0 amide bonds. The molecule has 0 spiro atoms. The summed E-state index contributed by atoms with van der Waals surface area (Å²) in [7, 11) is 1.52. The van der Waals surface area contributed by atoms with Gasteiger partial charge in [0.15, 0.2) is 5.82 Å². The molecule has 5 nitrogen and oxygen atoms in total. The summed E-state index contributed by atoms with van der Waals surface area (Å²) in [5.74, 6) is 1.81. The van der Waals surface area contributed by atoms with Crippen LogP contribution in [0.3, 0.4) is 0 Å². The van der Waals surface area contributed by atoms with E-state index in [0.29, 0.717) is 30.0 Å². The maximum absolute atomic E-state index is 5.63. The van der Waals surface area contributed by atoms with Crippen LogP contribution in [0.1, 0.15) is 26.7 Å². The minimum Gasteiger partial charge on any atom is -0.489 e. The molecule has 0 fully saturated rings. The van der Waals surface area contributed by atoms with Gasteiger partial charge in [0.1, 0.15) is 6.33 Å². The molecule has 0 saturated heterocycles. The smallest absolute Gasteiger partial charge is 0.262 e. The van der Waals surface area contributed by atoms with Crippen molar-refractivity contribution in [3.8, 4) is 11.6 Å². The van der Waals surface area contributed by atoms with E-state index in [0.717, 1.165) is 12.8 Å². The average Bonchev–Trinajstić information content (AvgIpc) is 2.24. The lowest BCUT2D eigenvalue weighted by molar-refractivity contribution is 0.268. The van der Waals surface area contributed by atoms with E-state index in [-0.39, 0.29) is 0 Å². The Hall–Kier alpha value is -1.52. The van der Waals surface area contributed by atoms with Crippen LogP contribution in [0.5, 0.6) is 11.6 Å². The van der Waals surface area contributed by atoms with E-state index in [2.05, 4.69) is 23.8 Å². The monoisotopic (exact) mass is 225 g/mol. The molecule has 90 valence electrons. The van der Waals surface area contributed by atoms with Gasteiger partial charge in [-0.3, -0.25) is 0 Å². The zero-order valence-corrected chi connectivity index (χ0v) is 10.1. The first-order valence-corrected chi connectivity index (χ1v) is 5.42. The van der Waals surface area contributed by atoms with Crippen molar-refractivity contribution in [3.63, 3.8) is 0 Å². The van der Waals surface area contributed by atoms with Crippen molar-refractivity contribution in [2.24, 2.45) is 5.92 Å². The van der Waals surface area contributed by atoms with Crippen LogP contribution in [0.15, 0.2) is 6.33 Å². The SMILES string of the molecule is COc1c(N)ncnc1OCCCC(C)C. The topological polar surface area (TPSA) is 70.3 Å². The third-order valence-corrected chi connectivity index (χ3v) is 2.17. The van der Waals surface area contributed by atoms with Crippen molar-refractivity contribution in [1.29, 1.82) is 0 Å². The molecule has 0 atom stereocenters. The van der Waals surface area contributed by atoms with E-state index in [4.69, 9.17) is 15.2 Å². The highest BCUT2D eigenvalue weighted by atomic mass is 16.5. The summed E-state index contributed by atoms with van der Waals surface area (Å²) >= 11 is 0. The van der Waals surface area contributed by atoms with Gasteiger partial charge in [0.25, 0.3) is 5.88 Å². The van der Waals surface area contributed by atoms with Gasteiger partial charge in [-0.1, -0.05) is 13.8 Å². The number of nitrogen functional groups attached to an aromatic ring is 1. The second kappa shape index (κ2) is 6.15. The van der Waals surface area contributed by atoms with E-state index in [1.54, 1.807) is 0 Å². The normalized spacial score (nSPS) is 10.5. The Balaban J connectivity index is 2.50. The number of nitrogens with zero attached hydrogens (tertiary/aromatic N) is 2. The second-order valence-electron chi connectivity index (χ2n) is 3.98. The minimum atomic E-state index is 0.302. The minimum absolute atomic E-state index is 0.302. The number of ether oxygens (including phenoxy) is 2. The Morgan fingerprint density at radius 3 is 2.75 bits per heavy atom. The summed E-state index contributed by atoms with van der Waals surface area (Å²) in [5, 5.41) is 0. The molecular formula is C11H19N3O2. The highest BCUT2D eigenvalue weighted by Gasteiger charge is 2.10. The summed E-state index contributed by atoms with van der Waals surface area (Å²) in [5.41, 5.74) is 5.63. The van der Waals surface area contributed by atoms with Crippen molar-refractivity contribution in [1.82, 2.24) is 9.97 Å². The van der Waals surface area contributed by atoms with Crippen LogP contribution in [-0.2, 0) is 0 Å². The van der Waals surface area contributed by atoms with Crippen molar-refractivity contribution < 1.29 is 9.47 Å². The predicted molar refractivity (Wildman–Crippen MR) is 62.6 cm³/mol. The highest BCUT2D eigenvalue weighted by Crippen LogP contribution is 2.28. The largest absolute Gasteiger partial charge is 0.489 e. The number of aromatic nitrogens is 2. The molecule has 1 aromatic heterocycles. The molecular weight excluding hydrogens is 206 g/mol. The Bertz CT molecular complexity index is 329. The third kappa shape index (κ3) is 3.56. The van der Waals surface area contributed by atoms with Gasteiger partial charge in [-0.05, 0) is 18.8 Å². The van der Waals surface area contributed by atoms with Crippen LogP contribution in [-0.4, -0.2) is 23.7 Å². The van der Waals surface area contributed by atoms with E-state index >= 15 is 0 Å². The van der Waals surface area contributed by atoms with Crippen molar-refractivity contribution in [2.45, 2.75) is 26.7 Å². The fraction of sp³-hybridized carbons (Fsp3) is 0.636. The molecule has 0 bridgehead atoms. The standard InChI is InChI=1S/C11H19N3O2/c1-8(2)5-4-6-16-11-9(15-3)10(12)13-7-14-11/h7-8H,4-6H2,1-3H3,(H2,12,13,14). The molecule has 0 unspecified atom stereocenters. The highest BCUT2D eigenvalue weighted by molar-refractivity contribution is 5.51. The second-order valence-corrected chi connectivity index (χ2v) is 3.98. The molecule has 16 heavy (non-hydrogen) atoms. The van der Waals surface area contributed by atoms with Crippen LogP contribution in [0.25, 0.3) is 0 Å². The van der Waals surface area contributed by atoms with Crippen LogP contribution in [0.4, 0.5) is 5.82 Å². The lowest BCUT2D eigenvalue weighted by Gasteiger charge is -2.10.